The van der Waals surface area contributed by atoms with Crippen molar-refractivity contribution in [1.82, 2.24) is 0 Å². The Hall–Kier alpha value is -0.930. The van der Waals surface area contributed by atoms with E-state index >= 15 is 0 Å². The molecule has 0 radical (unpaired) electrons. The fraction of sp³-hybridized carbons (Fsp3) is 0.833. The molecule has 82 valence electrons. The largest absolute Gasteiger partial charge is 0.508 e. The van der Waals surface area contributed by atoms with Gasteiger partial charge in [-0.15, -0.1) is 0 Å². The number of ether oxygens (including phenoxy) is 2. The van der Waals surface area contributed by atoms with E-state index in [4.69, 9.17) is 25.5 Å². The van der Waals surface area contributed by atoms with Crippen molar-refractivity contribution in [3.8, 4) is 0 Å². The molecule has 1 rings (SSSR count). The van der Waals surface area contributed by atoms with E-state index in [1.807, 2.05) is 0 Å². The molecule has 0 amide bonds. The van der Waals surface area contributed by atoms with Gasteiger partial charge in [0.2, 0.25) is 6.29 Å². The summed E-state index contributed by atoms with van der Waals surface area (Å²) < 4.78 is 8.39. The molecule has 1 fully saturated rings. The van der Waals surface area contributed by atoms with Gasteiger partial charge in [-0.3, -0.25) is 0 Å². The van der Waals surface area contributed by atoms with Crippen LogP contribution in [0.3, 0.4) is 0 Å². The van der Waals surface area contributed by atoms with Gasteiger partial charge >= 0.3 is 6.16 Å². The molecule has 0 spiro atoms. The second-order valence-corrected chi connectivity index (χ2v) is 2.75. The van der Waals surface area contributed by atoms with E-state index < -0.39 is 37.0 Å². The van der Waals surface area contributed by atoms with Gasteiger partial charge in [0, 0.05) is 0 Å². The van der Waals surface area contributed by atoms with Gasteiger partial charge in [0.25, 0.3) is 0 Å². The van der Waals surface area contributed by atoms with Gasteiger partial charge in [-0.05, 0) is 0 Å². The van der Waals surface area contributed by atoms with Crippen molar-refractivity contribution in [3.05, 3.63) is 0 Å². The summed E-state index contributed by atoms with van der Waals surface area (Å²) in [5.74, 6) is 0. The third-order valence-electron chi connectivity index (χ3n) is 1.76. The number of hydrogen-bond acceptors (Lipinski definition) is 7. The highest BCUT2D eigenvalue weighted by molar-refractivity contribution is 5.57. The summed E-state index contributed by atoms with van der Waals surface area (Å²) in [5, 5.41) is 44.3. The molecule has 1 aliphatic rings. The fourth-order valence-corrected chi connectivity index (χ4v) is 1.03. The van der Waals surface area contributed by atoms with Crippen LogP contribution in [0, 0.1) is 0 Å². The van der Waals surface area contributed by atoms with Gasteiger partial charge in [-0.1, -0.05) is 0 Å². The number of hydrogen-bond donors (Lipinski definition) is 5. The fourth-order valence-electron chi connectivity index (χ4n) is 1.03. The molecule has 0 aromatic rings. The molecule has 0 aromatic heterocycles. The van der Waals surface area contributed by atoms with Gasteiger partial charge in [0.1, 0.15) is 18.3 Å². The Morgan fingerprint density at radius 2 is 1.64 bits per heavy atom. The molecule has 1 aliphatic heterocycles. The van der Waals surface area contributed by atoms with Crippen LogP contribution in [0.2, 0.25) is 0 Å². The highest BCUT2D eigenvalue weighted by Gasteiger charge is 2.45. The van der Waals surface area contributed by atoms with Crippen molar-refractivity contribution in [2.24, 2.45) is 0 Å². The van der Waals surface area contributed by atoms with Gasteiger partial charge < -0.3 is 35.0 Å². The normalized spacial score (nSPS) is 43.3. The molecule has 0 unspecified atom stereocenters. The average molecular weight is 210 g/mol. The Labute approximate surface area is 77.9 Å². The van der Waals surface area contributed by atoms with Crippen molar-refractivity contribution >= 4 is 6.16 Å². The molecule has 0 bridgehead atoms. The van der Waals surface area contributed by atoms with Gasteiger partial charge in [-0.25, -0.2) is 4.79 Å². The number of carboxylic acid groups (broad SMARTS) is 1. The van der Waals surface area contributed by atoms with Gasteiger partial charge in [0.05, 0.1) is 0 Å². The molecular formula is C6H10O8. The van der Waals surface area contributed by atoms with E-state index in [0.717, 1.165) is 0 Å². The van der Waals surface area contributed by atoms with Crippen LogP contribution in [0.5, 0.6) is 0 Å². The molecule has 0 aromatic carbocycles. The minimum absolute atomic E-state index is 1.71. The first-order valence-corrected chi connectivity index (χ1v) is 3.71. The Morgan fingerprint density at radius 3 is 2.14 bits per heavy atom. The third kappa shape index (κ3) is 2.11. The second kappa shape index (κ2) is 4.07. The lowest BCUT2D eigenvalue weighted by Gasteiger charge is -2.36. The molecule has 1 heterocycles. The van der Waals surface area contributed by atoms with Gasteiger partial charge in [-0.2, -0.15) is 0 Å². The van der Waals surface area contributed by atoms with Crippen LogP contribution < -0.4 is 0 Å². The van der Waals surface area contributed by atoms with Crippen molar-refractivity contribution in [2.45, 2.75) is 30.9 Å². The lowest BCUT2D eigenvalue weighted by Crippen LogP contribution is -2.58. The van der Waals surface area contributed by atoms with Gasteiger partial charge in [0.15, 0.2) is 6.29 Å². The van der Waals surface area contributed by atoms with E-state index in [1.54, 1.807) is 0 Å². The number of rotatable bonds is 1. The maximum absolute atomic E-state index is 10.1. The predicted molar refractivity (Wildman–Crippen MR) is 38.0 cm³/mol. The second-order valence-electron chi connectivity index (χ2n) is 2.75. The summed E-state index contributed by atoms with van der Waals surface area (Å²) in [7, 11) is 0. The van der Waals surface area contributed by atoms with Crippen LogP contribution >= 0.6 is 0 Å². The van der Waals surface area contributed by atoms with E-state index in [1.165, 1.54) is 0 Å². The number of aliphatic hydroxyl groups excluding tert-OH is 4. The minimum Gasteiger partial charge on any atom is -0.450 e. The maximum atomic E-state index is 10.1. The Kier molecular flexibility index (Phi) is 3.24. The van der Waals surface area contributed by atoms with Crippen LogP contribution in [0.4, 0.5) is 4.79 Å². The monoisotopic (exact) mass is 210 g/mol. The standard InChI is InChI=1S/C6H10O8/c7-1-2(8)4(10)13-5(3(1)9)14-6(11)12/h1-5,7-10H,(H,11,12)/t1-,2-,3+,4-,5-/m1/s1. The first-order chi connectivity index (χ1) is 6.43. The SMILES string of the molecule is O=C(O)O[C@H]1O[C@@H](O)[C@H](O)[C@@H](O)[C@@H]1O. The summed E-state index contributed by atoms with van der Waals surface area (Å²) in [6.07, 6.45) is -10.4. The lowest BCUT2D eigenvalue weighted by molar-refractivity contribution is -0.329. The van der Waals surface area contributed by atoms with E-state index in [0.29, 0.717) is 0 Å². The quantitative estimate of drug-likeness (QED) is 0.298. The topological polar surface area (TPSA) is 137 Å². The first kappa shape index (κ1) is 11.1. The predicted octanol–water partition coefficient (Wildman–Crippen LogP) is -2.56. The van der Waals surface area contributed by atoms with Crippen LogP contribution in [0.15, 0.2) is 0 Å². The Balaban J connectivity index is 2.65. The Bertz CT molecular complexity index is 218. The zero-order valence-electron chi connectivity index (χ0n) is 6.85. The smallest absolute Gasteiger partial charge is 0.450 e. The number of aliphatic hydroxyl groups is 4. The van der Waals surface area contributed by atoms with Crippen molar-refractivity contribution < 1.29 is 39.8 Å². The Morgan fingerprint density at radius 1 is 1.07 bits per heavy atom. The summed E-state index contributed by atoms with van der Waals surface area (Å²) in [5.41, 5.74) is 0. The summed E-state index contributed by atoms with van der Waals surface area (Å²) >= 11 is 0. The van der Waals surface area contributed by atoms with Crippen LogP contribution in [0.1, 0.15) is 0 Å². The van der Waals surface area contributed by atoms with Crippen LogP contribution in [-0.4, -0.2) is 62.6 Å². The molecule has 0 aliphatic carbocycles. The molecule has 14 heavy (non-hydrogen) atoms. The molecule has 1 saturated heterocycles. The lowest BCUT2D eigenvalue weighted by atomic mass is 10.0. The first-order valence-electron chi connectivity index (χ1n) is 3.71. The molecule has 0 saturated carbocycles. The highest BCUT2D eigenvalue weighted by Crippen LogP contribution is 2.20. The highest BCUT2D eigenvalue weighted by atomic mass is 16.8. The summed E-state index contributed by atoms with van der Waals surface area (Å²) in [6, 6.07) is 0. The van der Waals surface area contributed by atoms with Crippen molar-refractivity contribution in [2.75, 3.05) is 0 Å². The summed E-state index contributed by atoms with van der Waals surface area (Å²) in [4.78, 5) is 10.1. The molecule has 5 atom stereocenters. The summed E-state index contributed by atoms with van der Waals surface area (Å²) in [6.45, 7) is 0. The zero-order chi connectivity index (χ0) is 10.9. The van der Waals surface area contributed by atoms with Crippen LogP contribution in [0.25, 0.3) is 0 Å². The van der Waals surface area contributed by atoms with E-state index in [-0.39, 0.29) is 0 Å². The molecular weight excluding hydrogens is 200 g/mol. The maximum Gasteiger partial charge on any atom is 0.508 e. The third-order valence-corrected chi connectivity index (χ3v) is 1.76. The minimum atomic E-state index is -1.81. The molecule has 8 nitrogen and oxygen atoms in total. The molecule has 8 heteroatoms. The molecule has 5 N–H and O–H groups in total. The van der Waals surface area contributed by atoms with Crippen LogP contribution in [-0.2, 0) is 9.47 Å². The number of carbonyl (C=O) groups is 1. The van der Waals surface area contributed by atoms with E-state index in [9.17, 15) is 4.79 Å². The zero-order valence-corrected chi connectivity index (χ0v) is 6.85. The van der Waals surface area contributed by atoms with E-state index in [2.05, 4.69) is 9.47 Å². The van der Waals surface area contributed by atoms with Crippen molar-refractivity contribution in [1.29, 1.82) is 0 Å². The van der Waals surface area contributed by atoms with Crippen molar-refractivity contribution in [3.63, 3.8) is 0 Å². The average Bonchev–Trinajstić information content (AvgIpc) is 2.10.